The SMILES string of the molecule is COc1ccc(-c2cc3cc(C(=O)O)c(C)c(C(C)N4CCOCC4)n3c2)c(F)c1. The van der Waals surface area contributed by atoms with Crippen LogP contribution >= 0.6 is 0 Å². The van der Waals surface area contributed by atoms with Gasteiger partial charge >= 0.3 is 5.97 Å². The lowest BCUT2D eigenvalue weighted by Gasteiger charge is -2.33. The second-order valence-corrected chi connectivity index (χ2v) is 7.57. The van der Waals surface area contributed by atoms with E-state index in [1.165, 1.54) is 13.2 Å². The Bertz CT molecular complexity index is 1100. The third-order valence-electron chi connectivity index (χ3n) is 5.90. The van der Waals surface area contributed by atoms with Crippen LogP contribution in [0.15, 0.2) is 36.5 Å². The number of halogens is 1. The van der Waals surface area contributed by atoms with Gasteiger partial charge in [-0.05, 0) is 43.7 Å². The van der Waals surface area contributed by atoms with Crippen molar-refractivity contribution in [2.45, 2.75) is 19.9 Å². The van der Waals surface area contributed by atoms with Crippen molar-refractivity contribution in [3.8, 4) is 16.9 Å². The molecule has 1 aliphatic heterocycles. The molecule has 1 atom stereocenters. The molecule has 0 saturated carbocycles. The maximum atomic E-state index is 14.7. The van der Waals surface area contributed by atoms with Gasteiger partial charge in [-0.25, -0.2) is 9.18 Å². The monoisotopic (exact) mass is 412 g/mol. The number of nitrogens with zero attached hydrogens (tertiary/aromatic N) is 2. The number of hydrogen-bond acceptors (Lipinski definition) is 4. The molecule has 0 spiro atoms. The molecule has 2 aromatic heterocycles. The minimum Gasteiger partial charge on any atom is -0.497 e. The number of carboxylic acid groups (broad SMARTS) is 1. The number of morpholine rings is 1. The van der Waals surface area contributed by atoms with E-state index < -0.39 is 5.97 Å². The molecule has 1 fully saturated rings. The van der Waals surface area contributed by atoms with E-state index in [-0.39, 0.29) is 17.4 Å². The van der Waals surface area contributed by atoms with Crippen molar-refractivity contribution in [1.29, 1.82) is 0 Å². The summed E-state index contributed by atoms with van der Waals surface area (Å²) in [4.78, 5) is 14.2. The molecule has 30 heavy (non-hydrogen) atoms. The smallest absolute Gasteiger partial charge is 0.336 e. The summed E-state index contributed by atoms with van der Waals surface area (Å²) in [6, 6.07) is 8.20. The average Bonchev–Trinajstić information content (AvgIpc) is 3.16. The van der Waals surface area contributed by atoms with Gasteiger partial charge in [-0.2, -0.15) is 0 Å². The quantitative estimate of drug-likeness (QED) is 0.682. The van der Waals surface area contributed by atoms with Crippen LogP contribution in [0.5, 0.6) is 5.75 Å². The van der Waals surface area contributed by atoms with Gasteiger partial charge in [0.05, 0.1) is 25.9 Å². The molecule has 0 aliphatic carbocycles. The maximum absolute atomic E-state index is 14.7. The Balaban J connectivity index is 1.89. The first-order valence-electron chi connectivity index (χ1n) is 9.95. The molecule has 1 aromatic carbocycles. The van der Waals surface area contributed by atoms with Crippen LogP contribution in [0.3, 0.4) is 0 Å². The summed E-state index contributed by atoms with van der Waals surface area (Å²) in [7, 11) is 1.50. The first-order chi connectivity index (χ1) is 14.4. The molecule has 0 bridgehead atoms. The standard InChI is InChI=1S/C23H25FN2O4/c1-14-20(23(27)28)11-17-10-16(19-5-4-18(29-3)12-21(19)24)13-26(17)22(14)15(2)25-6-8-30-9-7-25/h4-5,10-13,15H,6-9H2,1-3H3,(H,27,28). The van der Waals surface area contributed by atoms with Crippen LogP contribution in [0.2, 0.25) is 0 Å². The molecule has 7 heteroatoms. The summed E-state index contributed by atoms with van der Waals surface area (Å²) in [6.07, 6.45) is 1.88. The molecule has 3 aromatic rings. The average molecular weight is 412 g/mol. The number of carbonyl (C=O) groups is 1. The second kappa shape index (κ2) is 8.08. The number of carboxylic acids is 1. The predicted molar refractivity (Wildman–Crippen MR) is 112 cm³/mol. The normalized spacial score (nSPS) is 16.0. The van der Waals surface area contributed by atoms with E-state index >= 15 is 0 Å². The molecule has 1 N–H and O–H groups in total. The Hall–Kier alpha value is -2.90. The van der Waals surface area contributed by atoms with E-state index in [4.69, 9.17) is 9.47 Å². The second-order valence-electron chi connectivity index (χ2n) is 7.57. The topological polar surface area (TPSA) is 63.4 Å². The first-order valence-corrected chi connectivity index (χ1v) is 9.95. The van der Waals surface area contributed by atoms with E-state index in [0.29, 0.717) is 35.7 Å². The fourth-order valence-electron chi connectivity index (χ4n) is 4.25. The highest BCUT2D eigenvalue weighted by molar-refractivity contribution is 5.92. The number of rotatable bonds is 5. The van der Waals surface area contributed by atoms with Gasteiger partial charge in [0.1, 0.15) is 11.6 Å². The van der Waals surface area contributed by atoms with Gasteiger partial charge in [-0.1, -0.05) is 0 Å². The van der Waals surface area contributed by atoms with Crippen LogP contribution in [-0.4, -0.2) is 53.8 Å². The Morgan fingerprint density at radius 2 is 1.97 bits per heavy atom. The third-order valence-corrected chi connectivity index (χ3v) is 5.90. The van der Waals surface area contributed by atoms with Gasteiger partial charge in [0.15, 0.2) is 0 Å². The Morgan fingerprint density at radius 3 is 2.60 bits per heavy atom. The van der Waals surface area contributed by atoms with Crippen molar-refractivity contribution in [2.75, 3.05) is 33.4 Å². The van der Waals surface area contributed by atoms with E-state index in [1.807, 2.05) is 23.6 Å². The molecule has 1 unspecified atom stereocenters. The van der Waals surface area contributed by atoms with Crippen molar-refractivity contribution < 1.29 is 23.8 Å². The van der Waals surface area contributed by atoms with E-state index in [0.717, 1.165) is 24.3 Å². The fourth-order valence-corrected chi connectivity index (χ4v) is 4.25. The van der Waals surface area contributed by atoms with Crippen LogP contribution in [-0.2, 0) is 4.74 Å². The van der Waals surface area contributed by atoms with E-state index in [2.05, 4.69) is 11.8 Å². The number of methoxy groups -OCH3 is 1. The fraction of sp³-hybridized carbons (Fsp3) is 0.348. The van der Waals surface area contributed by atoms with Gasteiger partial charge in [0, 0.05) is 53.7 Å². The summed E-state index contributed by atoms with van der Waals surface area (Å²) in [5, 5.41) is 9.75. The number of hydrogen-bond donors (Lipinski definition) is 1. The van der Waals surface area contributed by atoms with Crippen molar-refractivity contribution in [3.63, 3.8) is 0 Å². The van der Waals surface area contributed by atoms with E-state index in [1.54, 1.807) is 18.2 Å². The highest BCUT2D eigenvalue weighted by Crippen LogP contribution is 2.33. The summed E-state index contributed by atoms with van der Waals surface area (Å²) in [5.74, 6) is -0.905. The first kappa shape index (κ1) is 20.4. The molecular formula is C23H25FN2O4. The van der Waals surface area contributed by atoms with Crippen LogP contribution in [0.1, 0.15) is 34.6 Å². The molecule has 6 nitrogen and oxygen atoms in total. The zero-order chi connectivity index (χ0) is 21.4. The Morgan fingerprint density at radius 1 is 1.23 bits per heavy atom. The Labute approximate surface area is 174 Å². The summed E-state index contributed by atoms with van der Waals surface area (Å²) < 4.78 is 27.2. The predicted octanol–water partition coefficient (Wildman–Crippen LogP) is 4.15. The maximum Gasteiger partial charge on any atom is 0.336 e. The van der Waals surface area contributed by atoms with Crippen molar-refractivity contribution >= 4 is 11.5 Å². The van der Waals surface area contributed by atoms with Gasteiger partial charge in [-0.15, -0.1) is 0 Å². The molecular weight excluding hydrogens is 387 g/mol. The van der Waals surface area contributed by atoms with Crippen molar-refractivity contribution in [2.24, 2.45) is 0 Å². The van der Waals surface area contributed by atoms with Crippen LogP contribution in [0.25, 0.3) is 16.6 Å². The number of aromatic carboxylic acids is 1. The number of benzene rings is 1. The summed E-state index contributed by atoms with van der Waals surface area (Å²) in [5.41, 5.74) is 3.72. The molecule has 4 rings (SSSR count). The number of fused-ring (bicyclic) bond motifs is 1. The van der Waals surface area contributed by atoms with Crippen molar-refractivity contribution in [1.82, 2.24) is 9.30 Å². The molecule has 0 radical (unpaired) electrons. The molecule has 158 valence electrons. The zero-order valence-corrected chi connectivity index (χ0v) is 17.3. The minimum atomic E-state index is -0.969. The summed E-state index contributed by atoms with van der Waals surface area (Å²) in [6.45, 7) is 6.77. The van der Waals surface area contributed by atoms with Gasteiger partial charge in [0.2, 0.25) is 0 Å². The van der Waals surface area contributed by atoms with Gasteiger partial charge in [0.25, 0.3) is 0 Å². The van der Waals surface area contributed by atoms with Crippen molar-refractivity contribution in [3.05, 3.63) is 59.2 Å². The minimum absolute atomic E-state index is 0.0170. The molecule has 3 heterocycles. The molecule has 0 amide bonds. The van der Waals surface area contributed by atoms with Gasteiger partial charge < -0.3 is 19.0 Å². The highest BCUT2D eigenvalue weighted by atomic mass is 19.1. The number of ether oxygens (including phenoxy) is 2. The highest BCUT2D eigenvalue weighted by Gasteiger charge is 2.25. The summed E-state index contributed by atoms with van der Waals surface area (Å²) >= 11 is 0. The lowest BCUT2D eigenvalue weighted by Crippen LogP contribution is -2.39. The lowest BCUT2D eigenvalue weighted by atomic mass is 10.0. The van der Waals surface area contributed by atoms with Crippen LogP contribution in [0, 0.1) is 12.7 Å². The number of aromatic nitrogens is 1. The largest absolute Gasteiger partial charge is 0.497 e. The Kier molecular flexibility index (Phi) is 5.49. The zero-order valence-electron chi connectivity index (χ0n) is 17.3. The van der Waals surface area contributed by atoms with Crippen LogP contribution in [0.4, 0.5) is 4.39 Å². The third kappa shape index (κ3) is 3.55. The van der Waals surface area contributed by atoms with E-state index in [9.17, 15) is 14.3 Å². The lowest BCUT2D eigenvalue weighted by molar-refractivity contribution is 0.0187. The van der Waals surface area contributed by atoms with Crippen LogP contribution < -0.4 is 4.74 Å². The number of pyridine rings is 1. The molecule has 1 saturated heterocycles. The van der Waals surface area contributed by atoms with Gasteiger partial charge in [-0.3, -0.25) is 4.90 Å². The molecule has 1 aliphatic rings.